The molecule has 0 amide bonds. The zero-order valence-electron chi connectivity index (χ0n) is 9.54. The monoisotopic (exact) mass is 248 g/mol. The van der Waals surface area contributed by atoms with Crippen molar-refractivity contribution < 1.29 is 9.90 Å². The van der Waals surface area contributed by atoms with E-state index < -0.39 is 5.97 Å². The lowest BCUT2D eigenvalue weighted by Crippen LogP contribution is -1.95. The van der Waals surface area contributed by atoms with E-state index in [0.717, 1.165) is 10.6 Å². The standard InChI is InChI=1S/C12H12N2O2S/c1-7(2)11-14-9(10(17-11)12(15)16)8-3-5-13-6-4-8/h3-7H,1-2H3,(H,15,16). The Morgan fingerprint density at radius 1 is 1.35 bits per heavy atom. The molecule has 0 radical (unpaired) electrons. The number of pyridine rings is 1. The van der Waals surface area contributed by atoms with Crippen molar-refractivity contribution in [3.05, 3.63) is 34.4 Å². The average molecular weight is 248 g/mol. The first-order valence-corrected chi connectivity index (χ1v) is 6.05. The Labute approximate surface area is 103 Å². The van der Waals surface area contributed by atoms with Crippen molar-refractivity contribution in [2.75, 3.05) is 0 Å². The Morgan fingerprint density at radius 3 is 2.53 bits per heavy atom. The van der Waals surface area contributed by atoms with Gasteiger partial charge in [0.15, 0.2) is 0 Å². The van der Waals surface area contributed by atoms with Crippen LogP contribution in [0.1, 0.15) is 34.4 Å². The number of aromatic carboxylic acids is 1. The van der Waals surface area contributed by atoms with Gasteiger partial charge >= 0.3 is 5.97 Å². The average Bonchev–Trinajstić information content (AvgIpc) is 2.75. The molecule has 0 saturated carbocycles. The van der Waals surface area contributed by atoms with E-state index in [1.54, 1.807) is 24.5 Å². The summed E-state index contributed by atoms with van der Waals surface area (Å²) in [7, 11) is 0. The predicted molar refractivity (Wildman–Crippen MR) is 66.4 cm³/mol. The summed E-state index contributed by atoms with van der Waals surface area (Å²) in [6.07, 6.45) is 3.27. The third-order valence-electron chi connectivity index (χ3n) is 2.29. The Hall–Kier alpha value is -1.75. The smallest absolute Gasteiger partial charge is 0.348 e. The molecule has 2 aromatic heterocycles. The molecule has 5 heteroatoms. The van der Waals surface area contributed by atoms with E-state index >= 15 is 0 Å². The van der Waals surface area contributed by atoms with Crippen molar-refractivity contribution in [1.29, 1.82) is 0 Å². The first-order chi connectivity index (χ1) is 8.09. The maximum Gasteiger partial charge on any atom is 0.348 e. The van der Waals surface area contributed by atoms with Gasteiger partial charge in [-0.15, -0.1) is 11.3 Å². The summed E-state index contributed by atoms with van der Waals surface area (Å²) in [5, 5.41) is 10.0. The van der Waals surface area contributed by atoms with E-state index in [1.807, 2.05) is 13.8 Å². The predicted octanol–water partition coefficient (Wildman–Crippen LogP) is 3.03. The number of carboxylic acid groups (broad SMARTS) is 1. The molecule has 0 aliphatic rings. The molecule has 0 aliphatic heterocycles. The Morgan fingerprint density at radius 2 is 2.00 bits per heavy atom. The highest BCUT2D eigenvalue weighted by molar-refractivity contribution is 7.14. The molecule has 88 valence electrons. The number of hydrogen-bond acceptors (Lipinski definition) is 4. The van der Waals surface area contributed by atoms with E-state index in [0.29, 0.717) is 10.6 Å². The molecule has 0 spiro atoms. The van der Waals surface area contributed by atoms with Crippen LogP contribution in [0.2, 0.25) is 0 Å². The molecule has 4 nitrogen and oxygen atoms in total. The maximum absolute atomic E-state index is 11.2. The van der Waals surface area contributed by atoms with Gasteiger partial charge in [-0.3, -0.25) is 4.98 Å². The Balaban J connectivity index is 2.56. The maximum atomic E-state index is 11.2. The van der Waals surface area contributed by atoms with Crippen LogP contribution in [-0.4, -0.2) is 21.0 Å². The van der Waals surface area contributed by atoms with Crippen LogP contribution in [0.5, 0.6) is 0 Å². The summed E-state index contributed by atoms with van der Waals surface area (Å²) in [6, 6.07) is 3.54. The fourth-order valence-electron chi connectivity index (χ4n) is 1.43. The van der Waals surface area contributed by atoms with Crippen LogP contribution in [0.25, 0.3) is 11.3 Å². The normalized spacial score (nSPS) is 10.8. The van der Waals surface area contributed by atoms with Crippen molar-refractivity contribution in [3.8, 4) is 11.3 Å². The number of aromatic nitrogens is 2. The van der Waals surface area contributed by atoms with Crippen molar-refractivity contribution in [1.82, 2.24) is 9.97 Å². The largest absolute Gasteiger partial charge is 0.477 e. The summed E-state index contributed by atoms with van der Waals surface area (Å²) in [5.41, 5.74) is 1.33. The van der Waals surface area contributed by atoms with Crippen LogP contribution in [0.3, 0.4) is 0 Å². The molecule has 2 aromatic rings. The number of thiazole rings is 1. The van der Waals surface area contributed by atoms with Crippen molar-refractivity contribution in [2.24, 2.45) is 0 Å². The minimum absolute atomic E-state index is 0.230. The summed E-state index contributed by atoms with van der Waals surface area (Å²) in [5.74, 6) is -0.699. The fraction of sp³-hybridized carbons (Fsp3) is 0.250. The highest BCUT2D eigenvalue weighted by Gasteiger charge is 2.19. The van der Waals surface area contributed by atoms with Gasteiger partial charge in [0.1, 0.15) is 4.88 Å². The lowest BCUT2D eigenvalue weighted by atomic mass is 10.1. The molecule has 0 atom stereocenters. The molecule has 0 fully saturated rings. The van der Waals surface area contributed by atoms with E-state index in [1.165, 1.54) is 11.3 Å². The minimum Gasteiger partial charge on any atom is -0.477 e. The highest BCUT2D eigenvalue weighted by atomic mass is 32.1. The van der Waals surface area contributed by atoms with Crippen LogP contribution < -0.4 is 0 Å². The molecular weight excluding hydrogens is 236 g/mol. The molecule has 2 rings (SSSR count). The molecule has 0 unspecified atom stereocenters. The van der Waals surface area contributed by atoms with Crippen molar-refractivity contribution >= 4 is 17.3 Å². The number of hydrogen-bond donors (Lipinski definition) is 1. The highest BCUT2D eigenvalue weighted by Crippen LogP contribution is 2.31. The molecule has 0 aliphatic carbocycles. The van der Waals surface area contributed by atoms with Crippen LogP contribution in [0.4, 0.5) is 0 Å². The Bertz CT molecular complexity index is 535. The van der Waals surface area contributed by atoms with Crippen LogP contribution in [0.15, 0.2) is 24.5 Å². The zero-order valence-corrected chi connectivity index (χ0v) is 10.4. The molecule has 0 bridgehead atoms. The number of rotatable bonds is 3. The van der Waals surface area contributed by atoms with Gasteiger partial charge < -0.3 is 5.11 Å². The van der Waals surface area contributed by atoms with Crippen molar-refractivity contribution in [3.63, 3.8) is 0 Å². The molecule has 1 N–H and O–H groups in total. The van der Waals surface area contributed by atoms with E-state index in [2.05, 4.69) is 9.97 Å². The Kier molecular flexibility index (Phi) is 3.19. The summed E-state index contributed by atoms with van der Waals surface area (Å²) in [6.45, 7) is 4.00. The minimum atomic E-state index is -0.929. The summed E-state index contributed by atoms with van der Waals surface area (Å²) < 4.78 is 0. The zero-order chi connectivity index (χ0) is 12.4. The SMILES string of the molecule is CC(C)c1nc(-c2ccncc2)c(C(=O)O)s1. The first kappa shape index (κ1) is 11.7. The molecule has 0 saturated heterocycles. The molecule has 17 heavy (non-hydrogen) atoms. The lowest BCUT2D eigenvalue weighted by molar-refractivity contribution is 0.0702. The van der Waals surface area contributed by atoms with Crippen molar-refractivity contribution in [2.45, 2.75) is 19.8 Å². The van der Waals surface area contributed by atoms with Gasteiger partial charge in [0.05, 0.1) is 10.7 Å². The fourth-order valence-corrected chi connectivity index (χ4v) is 2.36. The third kappa shape index (κ3) is 2.34. The second kappa shape index (κ2) is 4.63. The number of carboxylic acids is 1. The topological polar surface area (TPSA) is 63.1 Å². The van der Waals surface area contributed by atoms with Gasteiger partial charge in [0.2, 0.25) is 0 Å². The van der Waals surface area contributed by atoms with Gasteiger partial charge in [0.25, 0.3) is 0 Å². The van der Waals surface area contributed by atoms with Gasteiger partial charge in [-0.25, -0.2) is 9.78 Å². The second-order valence-corrected chi connectivity index (χ2v) is 4.96. The van der Waals surface area contributed by atoms with Gasteiger partial charge in [0, 0.05) is 23.9 Å². The van der Waals surface area contributed by atoms with Gasteiger partial charge in [-0.1, -0.05) is 13.8 Å². The quantitative estimate of drug-likeness (QED) is 0.906. The van der Waals surface area contributed by atoms with E-state index in [-0.39, 0.29) is 5.92 Å². The van der Waals surface area contributed by atoms with E-state index in [4.69, 9.17) is 0 Å². The molecule has 0 aromatic carbocycles. The summed E-state index contributed by atoms with van der Waals surface area (Å²) in [4.78, 5) is 19.8. The van der Waals surface area contributed by atoms with Crippen LogP contribution in [-0.2, 0) is 0 Å². The van der Waals surface area contributed by atoms with Gasteiger partial charge in [-0.2, -0.15) is 0 Å². The number of nitrogens with zero attached hydrogens (tertiary/aromatic N) is 2. The van der Waals surface area contributed by atoms with Crippen LogP contribution in [0, 0.1) is 0 Å². The third-order valence-corrected chi connectivity index (χ3v) is 3.63. The number of carbonyl (C=O) groups is 1. The molecule has 2 heterocycles. The van der Waals surface area contributed by atoms with E-state index in [9.17, 15) is 9.90 Å². The summed E-state index contributed by atoms with van der Waals surface area (Å²) >= 11 is 1.24. The first-order valence-electron chi connectivity index (χ1n) is 5.24. The van der Waals surface area contributed by atoms with Crippen LogP contribution >= 0.6 is 11.3 Å². The second-order valence-electron chi connectivity index (χ2n) is 3.93. The van der Waals surface area contributed by atoms with Gasteiger partial charge in [-0.05, 0) is 12.1 Å². The lowest BCUT2D eigenvalue weighted by Gasteiger charge is -1.98. The molecular formula is C12H12N2O2S.